The second-order valence-electron chi connectivity index (χ2n) is 8.17. The molecule has 3 N–H and O–H groups in total. The van der Waals surface area contributed by atoms with Gasteiger partial charge in [0.2, 0.25) is 11.8 Å². The first-order valence-corrected chi connectivity index (χ1v) is 11.4. The first kappa shape index (κ1) is 27.9. The zero-order chi connectivity index (χ0) is 29.0. The molecule has 4 heterocycles. The van der Waals surface area contributed by atoms with Gasteiger partial charge in [-0.1, -0.05) is 0 Å². The summed E-state index contributed by atoms with van der Waals surface area (Å²) < 4.78 is 58.2. The van der Waals surface area contributed by atoms with Gasteiger partial charge in [-0.2, -0.15) is 23.4 Å². The van der Waals surface area contributed by atoms with Gasteiger partial charge in [-0.05, 0) is 6.07 Å². The molecule has 0 saturated carbocycles. The van der Waals surface area contributed by atoms with Gasteiger partial charge in [0.15, 0.2) is 17.2 Å². The summed E-state index contributed by atoms with van der Waals surface area (Å²) in [6.45, 7) is 0.649. The molecule has 0 fully saturated rings. The Bertz CT molecular complexity index is 1670. The molecular weight excluding hydrogens is 535 g/mol. The highest BCUT2D eigenvalue weighted by Crippen LogP contribution is 2.32. The van der Waals surface area contributed by atoms with E-state index < -0.39 is 17.3 Å². The lowest BCUT2D eigenvalue weighted by molar-refractivity contribution is -0.138. The predicted molar refractivity (Wildman–Crippen MR) is 135 cm³/mol. The molecule has 0 unspecified atom stereocenters. The lowest BCUT2D eigenvalue weighted by Gasteiger charge is -2.13. The third-order valence-corrected chi connectivity index (χ3v) is 5.52. The molecule has 0 spiro atoms. The number of methoxy groups -OCH3 is 1. The van der Waals surface area contributed by atoms with Crippen molar-refractivity contribution in [2.45, 2.75) is 6.18 Å². The standard InChI is InChI=1S/C24H22F3N9O4/c1-35-12-13(24(25,26)27)6-15(22(35)37)33-23-34-21-20(36(23)2)14(7-28)18(10-32-21)40-17(8-29)16-9-31-19(11-30-16)39-5-4-38-3/h6,8-12H,4-5,29H2,1-3H3,(H,32,33,34). The van der Waals surface area contributed by atoms with Crippen molar-refractivity contribution in [1.82, 2.24) is 29.1 Å². The van der Waals surface area contributed by atoms with E-state index in [2.05, 4.69) is 25.3 Å². The largest absolute Gasteiger partial charge is 0.474 e. The fraction of sp³-hybridized carbons (Fsp3) is 0.250. The predicted octanol–water partition coefficient (Wildman–Crippen LogP) is 2.45. The van der Waals surface area contributed by atoms with Crippen LogP contribution in [0.15, 0.2) is 41.8 Å². The van der Waals surface area contributed by atoms with Crippen molar-refractivity contribution in [2.75, 3.05) is 25.6 Å². The number of pyridine rings is 2. The highest BCUT2D eigenvalue weighted by atomic mass is 19.4. The van der Waals surface area contributed by atoms with Gasteiger partial charge in [0.05, 0.1) is 30.8 Å². The highest BCUT2D eigenvalue weighted by Gasteiger charge is 2.32. The Morgan fingerprint density at radius 2 is 1.98 bits per heavy atom. The number of imidazole rings is 1. The normalized spacial score (nSPS) is 11.9. The number of fused-ring (bicyclic) bond motifs is 1. The lowest BCUT2D eigenvalue weighted by Crippen LogP contribution is -2.23. The maximum Gasteiger partial charge on any atom is 0.417 e. The van der Waals surface area contributed by atoms with Crippen molar-refractivity contribution >= 4 is 28.6 Å². The Hall–Kier alpha value is -5.17. The van der Waals surface area contributed by atoms with Crippen LogP contribution in [0.3, 0.4) is 0 Å². The lowest BCUT2D eigenvalue weighted by atomic mass is 10.2. The molecule has 0 bridgehead atoms. The molecule has 4 aromatic heterocycles. The van der Waals surface area contributed by atoms with Gasteiger partial charge < -0.3 is 34.4 Å². The Morgan fingerprint density at radius 3 is 2.60 bits per heavy atom. The van der Waals surface area contributed by atoms with Crippen LogP contribution in [0, 0.1) is 11.3 Å². The quantitative estimate of drug-likeness (QED) is 0.229. The van der Waals surface area contributed by atoms with Crippen LogP contribution in [0.2, 0.25) is 0 Å². The molecule has 40 heavy (non-hydrogen) atoms. The van der Waals surface area contributed by atoms with Crippen molar-refractivity contribution in [3.63, 3.8) is 0 Å². The molecule has 0 amide bonds. The summed E-state index contributed by atoms with van der Waals surface area (Å²) in [7, 11) is 4.23. The van der Waals surface area contributed by atoms with Crippen LogP contribution in [-0.4, -0.2) is 49.4 Å². The van der Waals surface area contributed by atoms with Gasteiger partial charge >= 0.3 is 6.18 Å². The number of ether oxygens (including phenoxy) is 3. The van der Waals surface area contributed by atoms with Gasteiger partial charge in [-0.3, -0.25) is 4.79 Å². The maximum absolute atomic E-state index is 13.3. The van der Waals surface area contributed by atoms with E-state index in [1.807, 2.05) is 6.07 Å². The van der Waals surface area contributed by atoms with E-state index in [1.165, 1.54) is 44.4 Å². The third kappa shape index (κ3) is 5.63. The van der Waals surface area contributed by atoms with Crippen molar-refractivity contribution in [1.29, 1.82) is 5.26 Å². The van der Waals surface area contributed by atoms with Crippen LogP contribution in [0.5, 0.6) is 11.6 Å². The van der Waals surface area contributed by atoms with E-state index >= 15 is 0 Å². The number of nitriles is 1. The second-order valence-corrected chi connectivity index (χ2v) is 8.17. The summed E-state index contributed by atoms with van der Waals surface area (Å²) in [5.74, 6) is 0.278. The van der Waals surface area contributed by atoms with E-state index in [0.29, 0.717) is 18.9 Å². The van der Waals surface area contributed by atoms with Gasteiger partial charge in [-0.25, -0.2) is 15.0 Å². The minimum Gasteiger partial charge on any atom is -0.474 e. The SMILES string of the molecule is COCCOc1cnc(C(=CN)Oc2cnc3nc(Nc4cc(C(F)(F)F)cn(C)c4=O)n(C)c3c2C#N)cn1. The Kier molecular flexibility index (Phi) is 7.86. The molecule has 13 nitrogen and oxygen atoms in total. The number of nitrogens with one attached hydrogen (secondary N) is 1. The zero-order valence-corrected chi connectivity index (χ0v) is 21.4. The van der Waals surface area contributed by atoms with Gasteiger partial charge in [0.25, 0.3) is 5.56 Å². The number of hydrogen-bond donors (Lipinski definition) is 2. The first-order valence-electron chi connectivity index (χ1n) is 11.4. The number of aromatic nitrogens is 6. The molecule has 0 aliphatic carbocycles. The third-order valence-electron chi connectivity index (χ3n) is 5.52. The van der Waals surface area contributed by atoms with Crippen LogP contribution in [0.1, 0.15) is 16.8 Å². The Balaban J connectivity index is 1.66. The molecule has 0 aliphatic heterocycles. The van der Waals surface area contributed by atoms with Crippen molar-refractivity contribution in [3.05, 3.63) is 64.2 Å². The van der Waals surface area contributed by atoms with E-state index in [-0.39, 0.29) is 58.1 Å². The molecule has 4 aromatic rings. The van der Waals surface area contributed by atoms with Crippen LogP contribution in [0.25, 0.3) is 16.9 Å². The number of hydrogen-bond acceptors (Lipinski definition) is 11. The van der Waals surface area contributed by atoms with Crippen LogP contribution in [0.4, 0.5) is 24.8 Å². The number of halogens is 3. The Labute approximate surface area is 224 Å². The minimum absolute atomic E-state index is 0.00143. The fourth-order valence-electron chi connectivity index (χ4n) is 3.57. The summed E-state index contributed by atoms with van der Waals surface area (Å²) >= 11 is 0. The number of rotatable bonds is 9. The van der Waals surface area contributed by atoms with E-state index in [4.69, 9.17) is 19.9 Å². The van der Waals surface area contributed by atoms with Gasteiger partial charge in [0, 0.05) is 33.6 Å². The van der Waals surface area contributed by atoms with E-state index in [9.17, 15) is 23.2 Å². The van der Waals surface area contributed by atoms with Crippen molar-refractivity contribution < 1.29 is 27.4 Å². The summed E-state index contributed by atoms with van der Waals surface area (Å²) in [6.07, 6.45) is 1.10. The number of nitrogens with zero attached hydrogens (tertiary/aromatic N) is 7. The average molecular weight is 557 g/mol. The topological polar surface area (TPSA) is 168 Å². The van der Waals surface area contributed by atoms with E-state index in [1.54, 1.807) is 0 Å². The summed E-state index contributed by atoms with van der Waals surface area (Å²) in [6, 6.07) is 2.70. The second kappa shape index (κ2) is 11.3. The molecule has 16 heteroatoms. The molecule has 4 rings (SSSR count). The first-order chi connectivity index (χ1) is 19.1. The highest BCUT2D eigenvalue weighted by molar-refractivity contribution is 5.84. The fourth-order valence-corrected chi connectivity index (χ4v) is 3.57. The number of anilines is 2. The maximum atomic E-state index is 13.3. The smallest absolute Gasteiger partial charge is 0.417 e. The molecular formula is C24H22F3N9O4. The molecule has 0 aliphatic rings. The van der Waals surface area contributed by atoms with Gasteiger partial charge in [-0.15, -0.1) is 0 Å². The minimum atomic E-state index is -4.67. The van der Waals surface area contributed by atoms with Crippen molar-refractivity contribution in [2.24, 2.45) is 19.8 Å². The molecule has 0 saturated heterocycles. The molecule has 0 atom stereocenters. The summed E-state index contributed by atoms with van der Waals surface area (Å²) in [5.41, 5.74) is 4.13. The Morgan fingerprint density at radius 1 is 1.20 bits per heavy atom. The van der Waals surface area contributed by atoms with E-state index in [0.717, 1.165) is 10.8 Å². The van der Waals surface area contributed by atoms with Crippen LogP contribution in [-0.2, 0) is 25.0 Å². The van der Waals surface area contributed by atoms with Crippen LogP contribution < -0.4 is 26.1 Å². The number of alkyl halides is 3. The monoisotopic (exact) mass is 557 g/mol. The number of aryl methyl sites for hydroxylation is 2. The van der Waals surface area contributed by atoms with Crippen molar-refractivity contribution in [3.8, 4) is 17.7 Å². The summed E-state index contributed by atoms with van der Waals surface area (Å²) in [4.78, 5) is 29.3. The average Bonchev–Trinajstić information content (AvgIpc) is 3.24. The van der Waals surface area contributed by atoms with Gasteiger partial charge in [0.1, 0.15) is 35.1 Å². The number of nitrogens with two attached hydrogens (primary N) is 1. The van der Waals surface area contributed by atoms with Crippen LogP contribution >= 0.6 is 0 Å². The molecule has 0 radical (unpaired) electrons. The molecule has 208 valence electrons. The molecule has 0 aromatic carbocycles. The summed E-state index contributed by atoms with van der Waals surface area (Å²) in [5, 5.41) is 12.6. The zero-order valence-electron chi connectivity index (χ0n) is 21.4.